The van der Waals surface area contributed by atoms with Crippen molar-refractivity contribution >= 4 is 11.7 Å². The molecular formula is C7H8N4O. The fourth-order valence-corrected chi connectivity index (χ4v) is 1.05. The van der Waals surface area contributed by atoms with Crippen LogP contribution in [0.15, 0.2) is 23.6 Å². The van der Waals surface area contributed by atoms with Crippen molar-refractivity contribution in [3.8, 4) is 0 Å². The molecule has 1 N–H and O–H groups in total. The van der Waals surface area contributed by atoms with Crippen LogP contribution in [0.25, 0.3) is 0 Å². The zero-order valence-electron chi connectivity index (χ0n) is 6.40. The Kier molecular flexibility index (Phi) is 1.62. The van der Waals surface area contributed by atoms with E-state index < -0.39 is 0 Å². The van der Waals surface area contributed by atoms with E-state index in [4.69, 9.17) is 0 Å². The first kappa shape index (κ1) is 7.02. The van der Waals surface area contributed by atoms with Crippen molar-refractivity contribution in [1.82, 2.24) is 15.2 Å². The molecule has 0 radical (unpaired) electrons. The molecule has 2 heterocycles. The summed E-state index contributed by atoms with van der Waals surface area (Å²) < 4.78 is 1.65. The maximum Gasteiger partial charge on any atom is 0.240 e. The second-order valence-corrected chi connectivity index (χ2v) is 2.51. The van der Waals surface area contributed by atoms with Gasteiger partial charge in [-0.05, 0) is 6.07 Å². The first-order valence-electron chi connectivity index (χ1n) is 3.72. The molecule has 1 amide bonds. The van der Waals surface area contributed by atoms with Gasteiger partial charge < -0.3 is 0 Å². The molecule has 1 aromatic rings. The summed E-state index contributed by atoms with van der Waals surface area (Å²) in [6.07, 6.45) is 4.61. The summed E-state index contributed by atoms with van der Waals surface area (Å²) >= 11 is 0. The Morgan fingerprint density at radius 2 is 2.42 bits per heavy atom. The lowest BCUT2D eigenvalue weighted by Gasteiger charge is -2.10. The highest BCUT2D eigenvalue weighted by Crippen LogP contribution is 2.00. The standard InChI is InChI=1S/C7H8N4O/c12-7-3-2-6(9-10-7)11-5-1-4-8-11/h1,4-5H,2-3H2,(H,10,12). The van der Waals surface area contributed by atoms with E-state index in [9.17, 15) is 4.79 Å². The molecule has 1 aliphatic heterocycles. The lowest BCUT2D eigenvalue weighted by molar-refractivity contribution is -0.121. The molecule has 2 rings (SSSR count). The van der Waals surface area contributed by atoms with Crippen molar-refractivity contribution in [1.29, 1.82) is 0 Å². The van der Waals surface area contributed by atoms with Crippen LogP contribution >= 0.6 is 0 Å². The second-order valence-electron chi connectivity index (χ2n) is 2.51. The Hall–Kier alpha value is -1.65. The summed E-state index contributed by atoms with van der Waals surface area (Å²) in [5.41, 5.74) is 2.41. The zero-order valence-corrected chi connectivity index (χ0v) is 6.40. The van der Waals surface area contributed by atoms with Gasteiger partial charge in [-0.15, -0.1) is 0 Å². The predicted molar refractivity (Wildman–Crippen MR) is 42.4 cm³/mol. The lowest BCUT2D eigenvalue weighted by atomic mass is 10.2. The third-order valence-corrected chi connectivity index (χ3v) is 1.65. The minimum atomic E-state index is -0.0362. The van der Waals surface area contributed by atoms with Crippen LogP contribution in [-0.2, 0) is 4.79 Å². The number of hydrazone groups is 1. The summed E-state index contributed by atoms with van der Waals surface area (Å²) in [5, 5.41) is 7.87. The van der Waals surface area contributed by atoms with E-state index in [0.717, 1.165) is 5.84 Å². The fourth-order valence-electron chi connectivity index (χ4n) is 1.05. The van der Waals surface area contributed by atoms with Gasteiger partial charge in [-0.2, -0.15) is 10.2 Å². The first-order chi connectivity index (χ1) is 5.86. The van der Waals surface area contributed by atoms with Crippen LogP contribution < -0.4 is 5.43 Å². The molecule has 0 fully saturated rings. The predicted octanol–water partition coefficient (Wildman–Crippen LogP) is -0.0453. The average Bonchev–Trinajstić information content (AvgIpc) is 2.58. The molecule has 12 heavy (non-hydrogen) atoms. The summed E-state index contributed by atoms with van der Waals surface area (Å²) in [4.78, 5) is 10.7. The van der Waals surface area contributed by atoms with E-state index in [-0.39, 0.29) is 5.91 Å². The maximum atomic E-state index is 10.7. The van der Waals surface area contributed by atoms with E-state index in [0.29, 0.717) is 12.8 Å². The molecule has 0 saturated carbocycles. The van der Waals surface area contributed by atoms with E-state index in [1.807, 2.05) is 6.07 Å². The minimum Gasteiger partial charge on any atom is -0.273 e. The number of hydrogen-bond acceptors (Lipinski definition) is 3. The molecule has 0 saturated heterocycles. The molecule has 5 nitrogen and oxygen atoms in total. The maximum absolute atomic E-state index is 10.7. The Labute approximate surface area is 69.1 Å². The van der Waals surface area contributed by atoms with Crippen LogP contribution in [-0.4, -0.2) is 21.5 Å². The highest BCUT2D eigenvalue weighted by Gasteiger charge is 2.12. The van der Waals surface area contributed by atoms with E-state index >= 15 is 0 Å². The summed E-state index contributed by atoms with van der Waals surface area (Å²) in [6, 6.07) is 1.82. The van der Waals surface area contributed by atoms with Crippen molar-refractivity contribution in [3.63, 3.8) is 0 Å². The second kappa shape index (κ2) is 2.77. The molecular weight excluding hydrogens is 156 g/mol. The molecule has 0 aliphatic carbocycles. The van der Waals surface area contributed by atoms with Crippen molar-refractivity contribution in [2.45, 2.75) is 12.8 Å². The minimum absolute atomic E-state index is 0.0362. The molecule has 0 bridgehead atoms. The van der Waals surface area contributed by atoms with Gasteiger partial charge in [0.15, 0.2) is 5.84 Å². The zero-order chi connectivity index (χ0) is 8.39. The highest BCUT2D eigenvalue weighted by molar-refractivity contribution is 5.91. The van der Waals surface area contributed by atoms with E-state index in [1.54, 1.807) is 17.1 Å². The number of carbonyl (C=O) groups is 1. The van der Waals surface area contributed by atoms with E-state index in [1.165, 1.54) is 0 Å². The van der Waals surface area contributed by atoms with Crippen molar-refractivity contribution < 1.29 is 4.79 Å². The third kappa shape index (κ3) is 1.20. The van der Waals surface area contributed by atoms with E-state index in [2.05, 4.69) is 15.6 Å². The van der Waals surface area contributed by atoms with Crippen LogP contribution in [0.5, 0.6) is 0 Å². The number of nitrogens with one attached hydrogen (secondary N) is 1. The Morgan fingerprint density at radius 3 is 3.00 bits per heavy atom. The molecule has 1 aliphatic rings. The van der Waals surface area contributed by atoms with Crippen molar-refractivity contribution in [2.75, 3.05) is 0 Å². The average molecular weight is 164 g/mol. The Bertz CT molecular complexity index is 314. The number of hydrogen-bond donors (Lipinski definition) is 1. The van der Waals surface area contributed by atoms with Crippen LogP contribution in [0.2, 0.25) is 0 Å². The van der Waals surface area contributed by atoms with Gasteiger partial charge in [0.25, 0.3) is 0 Å². The van der Waals surface area contributed by atoms with Gasteiger partial charge >= 0.3 is 0 Å². The fraction of sp³-hybridized carbons (Fsp3) is 0.286. The van der Waals surface area contributed by atoms with Gasteiger partial charge in [0.2, 0.25) is 5.91 Å². The van der Waals surface area contributed by atoms with Crippen LogP contribution in [0.1, 0.15) is 12.8 Å². The van der Waals surface area contributed by atoms with Gasteiger partial charge in [0, 0.05) is 25.2 Å². The largest absolute Gasteiger partial charge is 0.273 e. The third-order valence-electron chi connectivity index (χ3n) is 1.65. The molecule has 0 atom stereocenters. The molecule has 0 spiro atoms. The van der Waals surface area contributed by atoms with Crippen molar-refractivity contribution in [2.24, 2.45) is 5.10 Å². The number of amides is 1. The number of carbonyl (C=O) groups excluding carboxylic acids is 1. The topological polar surface area (TPSA) is 59.3 Å². The van der Waals surface area contributed by atoms with Gasteiger partial charge in [0.1, 0.15) is 0 Å². The molecule has 62 valence electrons. The Morgan fingerprint density at radius 1 is 1.50 bits per heavy atom. The molecule has 0 unspecified atom stereocenters. The summed E-state index contributed by atoms with van der Waals surface area (Å²) in [7, 11) is 0. The van der Waals surface area contributed by atoms with Gasteiger partial charge in [0.05, 0.1) is 0 Å². The van der Waals surface area contributed by atoms with Gasteiger partial charge in [-0.3, -0.25) is 4.79 Å². The normalized spacial score (nSPS) is 17.0. The van der Waals surface area contributed by atoms with Crippen LogP contribution in [0, 0.1) is 0 Å². The van der Waals surface area contributed by atoms with Crippen LogP contribution in [0.3, 0.4) is 0 Å². The lowest BCUT2D eigenvalue weighted by Crippen LogP contribution is -2.29. The number of aromatic nitrogens is 2. The van der Waals surface area contributed by atoms with Crippen molar-refractivity contribution in [3.05, 3.63) is 18.5 Å². The number of nitrogens with zero attached hydrogens (tertiary/aromatic N) is 3. The first-order valence-corrected chi connectivity index (χ1v) is 3.72. The van der Waals surface area contributed by atoms with Gasteiger partial charge in [-0.1, -0.05) is 0 Å². The molecule has 5 heteroatoms. The summed E-state index contributed by atoms with van der Waals surface area (Å²) in [5.74, 6) is 0.741. The number of rotatable bonds is 0. The SMILES string of the molecule is O=C1CCC(n2cccn2)=NN1. The highest BCUT2D eigenvalue weighted by atomic mass is 16.2. The van der Waals surface area contributed by atoms with Crippen LogP contribution in [0.4, 0.5) is 0 Å². The summed E-state index contributed by atoms with van der Waals surface area (Å²) in [6.45, 7) is 0. The molecule has 0 aromatic carbocycles. The van der Waals surface area contributed by atoms with Gasteiger partial charge in [-0.25, -0.2) is 10.1 Å². The molecule has 1 aromatic heterocycles. The monoisotopic (exact) mass is 164 g/mol. The quantitative estimate of drug-likeness (QED) is 0.584. The Balaban J connectivity index is 2.21. The smallest absolute Gasteiger partial charge is 0.240 e.